The lowest BCUT2D eigenvalue weighted by atomic mass is 9.97. The van der Waals surface area contributed by atoms with Gasteiger partial charge >= 0.3 is 0 Å². The zero-order valence-electron chi connectivity index (χ0n) is 10.9. The lowest BCUT2D eigenvalue weighted by Crippen LogP contribution is -2.52. The number of nitrogens with one attached hydrogen (secondary N) is 2. The number of rotatable bonds is 4. The largest absolute Gasteiger partial charge is 0.358 e. The van der Waals surface area contributed by atoms with Gasteiger partial charge in [-0.15, -0.1) is 0 Å². The van der Waals surface area contributed by atoms with Gasteiger partial charge in [-0.25, -0.2) is 0 Å². The first-order valence-electron chi connectivity index (χ1n) is 6.30. The molecule has 0 radical (unpaired) electrons. The molecule has 2 N–H and O–H groups in total. The highest BCUT2D eigenvalue weighted by atomic mass is 16.2. The third-order valence-electron chi connectivity index (χ3n) is 3.55. The van der Waals surface area contributed by atoms with E-state index in [1.165, 1.54) is 0 Å². The molecule has 0 aromatic carbocycles. The minimum Gasteiger partial charge on any atom is -0.358 e. The van der Waals surface area contributed by atoms with Crippen LogP contribution in [-0.2, 0) is 4.79 Å². The normalized spacial score (nSPS) is 28.8. The number of amides is 1. The van der Waals surface area contributed by atoms with Crippen molar-refractivity contribution in [1.29, 1.82) is 0 Å². The number of nitrogens with zero attached hydrogens (tertiary/aromatic N) is 1. The number of hydrogen-bond acceptors (Lipinski definition) is 3. The maximum Gasteiger partial charge on any atom is 0.236 e. The van der Waals surface area contributed by atoms with Crippen LogP contribution in [0.15, 0.2) is 0 Å². The summed E-state index contributed by atoms with van der Waals surface area (Å²) in [5.74, 6) is 0.0746. The molecule has 1 amide bonds. The summed E-state index contributed by atoms with van der Waals surface area (Å²) < 4.78 is 0. The van der Waals surface area contributed by atoms with Crippen molar-refractivity contribution in [3.05, 3.63) is 0 Å². The predicted octanol–water partition coefficient (Wildman–Crippen LogP) is 0.583. The number of carbonyl (C=O) groups excluding carboxylic acids is 1. The van der Waals surface area contributed by atoms with Crippen molar-refractivity contribution in [1.82, 2.24) is 15.5 Å². The van der Waals surface area contributed by atoms with Crippen molar-refractivity contribution in [3.8, 4) is 0 Å². The lowest BCUT2D eigenvalue weighted by Gasteiger charge is -2.38. The number of piperidine rings is 1. The molecule has 2 unspecified atom stereocenters. The summed E-state index contributed by atoms with van der Waals surface area (Å²) in [6, 6.07) is 1.01. The van der Waals surface area contributed by atoms with Gasteiger partial charge in [-0.1, -0.05) is 6.92 Å². The monoisotopic (exact) mass is 227 g/mol. The van der Waals surface area contributed by atoms with Crippen LogP contribution in [0.1, 0.15) is 33.6 Å². The van der Waals surface area contributed by atoms with E-state index < -0.39 is 0 Å². The quantitative estimate of drug-likeness (QED) is 0.738. The van der Waals surface area contributed by atoms with E-state index in [1.807, 2.05) is 6.92 Å². The average molecular weight is 227 g/mol. The minimum absolute atomic E-state index is 0.0746. The van der Waals surface area contributed by atoms with E-state index in [1.54, 1.807) is 7.05 Å². The molecule has 1 fully saturated rings. The number of hydrogen-bond donors (Lipinski definition) is 2. The highest BCUT2D eigenvalue weighted by molar-refractivity contribution is 5.80. The summed E-state index contributed by atoms with van der Waals surface area (Å²) in [7, 11) is 1.68. The highest BCUT2D eigenvalue weighted by Crippen LogP contribution is 2.17. The van der Waals surface area contributed by atoms with Gasteiger partial charge in [0.05, 0.1) is 6.04 Å². The maximum atomic E-state index is 11.4. The molecule has 0 spiro atoms. The Morgan fingerprint density at radius 1 is 1.56 bits per heavy atom. The average Bonchev–Trinajstić information content (AvgIpc) is 2.28. The van der Waals surface area contributed by atoms with E-state index in [9.17, 15) is 4.79 Å². The maximum absolute atomic E-state index is 11.4. The Morgan fingerprint density at radius 2 is 2.25 bits per heavy atom. The second kappa shape index (κ2) is 6.21. The molecule has 1 aliphatic rings. The van der Waals surface area contributed by atoms with E-state index in [2.05, 4.69) is 29.4 Å². The van der Waals surface area contributed by atoms with Crippen LogP contribution in [0.25, 0.3) is 0 Å². The molecule has 3 atom stereocenters. The first-order valence-corrected chi connectivity index (χ1v) is 6.30. The van der Waals surface area contributed by atoms with Crippen LogP contribution in [0.4, 0.5) is 0 Å². The van der Waals surface area contributed by atoms with Crippen molar-refractivity contribution in [3.63, 3.8) is 0 Å². The van der Waals surface area contributed by atoms with Gasteiger partial charge in [-0.3, -0.25) is 4.79 Å². The van der Waals surface area contributed by atoms with Gasteiger partial charge in [-0.2, -0.15) is 0 Å². The Hall–Kier alpha value is -0.610. The molecule has 0 bridgehead atoms. The molecule has 1 heterocycles. The standard InChI is InChI=1S/C12H25N3O/c1-5-15-7-6-11(8-9(15)2)14-10(3)12(16)13-4/h9-11,14H,5-8H2,1-4H3,(H,13,16)/t9?,10-,11?/m1/s1. The summed E-state index contributed by atoms with van der Waals surface area (Å²) in [4.78, 5) is 13.9. The van der Waals surface area contributed by atoms with Gasteiger partial charge in [0.2, 0.25) is 5.91 Å². The Bertz CT molecular complexity index is 232. The molecule has 94 valence electrons. The number of likely N-dealkylation sites (N-methyl/N-ethyl adjacent to an activating group) is 1. The van der Waals surface area contributed by atoms with Crippen molar-refractivity contribution >= 4 is 5.91 Å². The molecule has 1 rings (SSSR count). The van der Waals surface area contributed by atoms with Gasteiger partial charge in [0.1, 0.15) is 0 Å². The Morgan fingerprint density at radius 3 is 2.75 bits per heavy atom. The summed E-state index contributed by atoms with van der Waals surface area (Å²) in [5, 5.41) is 6.08. The van der Waals surface area contributed by atoms with Gasteiger partial charge in [0, 0.05) is 19.1 Å². The highest BCUT2D eigenvalue weighted by Gasteiger charge is 2.26. The molecular formula is C12H25N3O. The minimum atomic E-state index is -0.0876. The molecule has 0 aromatic heterocycles. The molecule has 0 aromatic rings. The Balaban J connectivity index is 2.37. The second-order valence-corrected chi connectivity index (χ2v) is 4.70. The zero-order valence-corrected chi connectivity index (χ0v) is 10.9. The van der Waals surface area contributed by atoms with Gasteiger partial charge in [-0.05, 0) is 39.8 Å². The molecule has 4 heteroatoms. The fraction of sp³-hybridized carbons (Fsp3) is 0.917. The van der Waals surface area contributed by atoms with E-state index in [0.717, 1.165) is 25.9 Å². The van der Waals surface area contributed by atoms with Crippen LogP contribution >= 0.6 is 0 Å². The fourth-order valence-corrected chi connectivity index (χ4v) is 2.49. The fourth-order valence-electron chi connectivity index (χ4n) is 2.49. The van der Waals surface area contributed by atoms with Crippen LogP contribution in [0, 0.1) is 0 Å². The molecule has 0 saturated carbocycles. The van der Waals surface area contributed by atoms with Gasteiger partial charge in [0.25, 0.3) is 0 Å². The van der Waals surface area contributed by atoms with Crippen molar-refractivity contribution in [2.45, 2.75) is 51.7 Å². The summed E-state index contributed by atoms with van der Waals surface area (Å²) >= 11 is 0. The van der Waals surface area contributed by atoms with Crippen LogP contribution in [-0.4, -0.2) is 49.1 Å². The smallest absolute Gasteiger partial charge is 0.236 e. The first-order chi connectivity index (χ1) is 7.58. The van der Waals surface area contributed by atoms with Crippen LogP contribution in [0.5, 0.6) is 0 Å². The summed E-state index contributed by atoms with van der Waals surface area (Å²) in [5.41, 5.74) is 0. The van der Waals surface area contributed by atoms with Crippen LogP contribution < -0.4 is 10.6 Å². The van der Waals surface area contributed by atoms with E-state index in [4.69, 9.17) is 0 Å². The van der Waals surface area contributed by atoms with E-state index >= 15 is 0 Å². The summed E-state index contributed by atoms with van der Waals surface area (Å²) in [6.07, 6.45) is 2.27. The third kappa shape index (κ3) is 3.46. The second-order valence-electron chi connectivity index (χ2n) is 4.70. The van der Waals surface area contributed by atoms with Crippen molar-refractivity contribution in [2.24, 2.45) is 0 Å². The van der Waals surface area contributed by atoms with E-state index in [-0.39, 0.29) is 11.9 Å². The van der Waals surface area contributed by atoms with Crippen LogP contribution in [0.2, 0.25) is 0 Å². The van der Waals surface area contributed by atoms with Crippen molar-refractivity contribution in [2.75, 3.05) is 20.1 Å². The zero-order chi connectivity index (χ0) is 12.1. The molecule has 1 aliphatic heterocycles. The molecular weight excluding hydrogens is 202 g/mol. The Labute approximate surface area is 98.8 Å². The number of carbonyl (C=O) groups is 1. The van der Waals surface area contributed by atoms with Gasteiger partial charge < -0.3 is 15.5 Å². The SMILES string of the molecule is CCN1CCC(N[C@H](C)C(=O)NC)CC1C. The van der Waals surface area contributed by atoms with Crippen molar-refractivity contribution < 1.29 is 4.79 Å². The molecule has 0 aliphatic carbocycles. The van der Waals surface area contributed by atoms with Gasteiger partial charge in [0.15, 0.2) is 0 Å². The summed E-state index contributed by atoms with van der Waals surface area (Å²) in [6.45, 7) is 8.66. The topological polar surface area (TPSA) is 44.4 Å². The lowest BCUT2D eigenvalue weighted by molar-refractivity contribution is -0.122. The Kier molecular flexibility index (Phi) is 5.22. The molecule has 16 heavy (non-hydrogen) atoms. The third-order valence-corrected chi connectivity index (χ3v) is 3.55. The van der Waals surface area contributed by atoms with Crippen LogP contribution in [0.3, 0.4) is 0 Å². The predicted molar refractivity (Wildman–Crippen MR) is 66.4 cm³/mol. The van der Waals surface area contributed by atoms with E-state index in [0.29, 0.717) is 12.1 Å². The number of likely N-dealkylation sites (tertiary alicyclic amines) is 1. The molecule has 1 saturated heterocycles. The first kappa shape index (κ1) is 13.5. The molecule has 4 nitrogen and oxygen atoms in total.